The van der Waals surface area contributed by atoms with E-state index < -0.39 is 11.7 Å². The van der Waals surface area contributed by atoms with Crippen LogP contribution in [0.5, 0.6) is 0 Å². The molecule has 1 saturated carbocycles. The predicted molar refractivity (Wildman–Crippen MR) is 57.1 cm³/mol. The van der Waals surface area contributed by atoms with Gasteiger partial charge in [0.05, 0.1) is 12.0 Å². The zero-order valence-corrected chi connectivity index (χ0v) is 9.69. The van der Waals surface area contributed by atoms with Crippen LogP contribution in [0.25, 0.3) is 0 Å². The summed E-state index contributed by atoms with van der Waals surface area (Å²) in [7, 11) is 0. The van der Waals surface area contributed by atoms with Gasteiger partial charge in [-0.25, -0.2) is 0 Å². The maximum Gasteiger partial charge on any atom is 0.309 e. The molecule has 1 aliphatic carbocycles. The first-order chi connectivity index (χ1) is 6.83. The number of carbonyl (C=O) groups is 1. The fourth-order valence-electron chi connectivity index (χ4n) is 1.93. The number of rotatable bonds is 2. The Balaban J connectivity index is 2.50. The van der Waals surface area contributed by atoms with Crippen LogP contribution in [0, 0.1) is 11.8 Å². The molecule has 1 aliphatic rings. The molecule has 0 aromatic heterocycles. The van der Waals surface area contributed by atoms with Gasteiger partial charge in [-0.15, -0.1) is 0 Å². The summed E-state index contributed by atoms with van der Waals surface area (Å²) in [5, 5.41) is 9.62. The lowest BCUT2D eigenvalue weighted by molar-refractivity contribution is -0.160. The van der Waals surface area contributed by atoms with Crippen molar-refractivity contribution in [2.24, 2.45) is 17.6 Å². The molecule has 1 unspecified atom stereocenters. The van der Waals surface area contributed by atoms with Gasteiger partial charge in [0.25, 0.3) is 0 Å². The second-order valence-corrected chi connectivity index (χ2v) is 5.26. The summed E-state index contributed by atoms with van der Waals surface area (Å²) in [5.41, 5.74) is 5.05. The molecule has 0 saturated heterocycles. The van der Waals surface area contributed by atoms with E-state index in [0.717, 1.165) is 0 Å². The number of carbonyl (C=O) groups excluding carboxylic acids is 1. The molecule has 0 aliphatic heterocycles. The minimum atomic E-state index is -0.456. The van der Waals surface area contributed by atoms with Crippen molar-refractivity contribution < 1.29 is 14.6 Å². The van der Waals surface area contributed by atoms with Crippen LogP contribution >= 0.6 is 0 Å². The molecule has 4 nitrogen and oxygen atoms in total. The fraction of sp³-hybridized carbons (Fsp3) is 0.909. The Morgan fingerprint density at radius 2 is 2.07 bits per heavy atom. The SMILES string of the molecule is CC(C)(C)OC(=O)C1C[C@H](CN)[C@H](O)C1. The Morgan fingerprint density at radius 1 is 1.47 bits per heavy atom. The van der Waals surface area contributed by atoms with Crippen molar-refractivity contribution in [1.29, 1.82) is 0 Å². The van der Waals surface area contributed by atoms with Gasteiger partial charge in [-0.05, 0) is 46.1 Å². The third-order valence-electron chi connectivity index (χ3n) is 2.70. The van der Waals surface area contributed by atoms with Crippen molar-refractivity contribution in [1.82, 2.24) is 0 Å². The minimum absolute atomic E-state index is 0.0440. The van der Waals surface area contributed by atoms with Gasteiger partial charge in [-0.3, -0.25) is 4.79 Å². The quantitative estimate of drug-likeness (QED) is 0.664. The van der Waals surface area contributed by atoms with Gasteiger partial charge in [0, 0.05) is 0 Å². The molecule has 4 heteroatoms. The normalized spacial score (nSPS) is 31.7. The molecular weight excluding hydrogens is 194 g/mol. The van der Waals surface area contributed by atoms with Crippen LogP contribution in [-0.4, -0.2) is 29.3 Å². The van der Waals surface area contributed by atoms with Crippen molar-refractivity contribution in [3.63, 3.8) is 0 Å². The average Bonchev–Trinajstić information content (AvgIpc) is 2.43. The lowest BCUT2D eigenvalue weighted by Gasteiger charge is -2.21. The van der Waals surface area contributed by atoms with Crippen molar-refractivity contribution in [2.45, 2.75) is 45.3 Å². The van der Waals surface area contributed by atoms with Crippen molar-refractivity contribution in [2.75, 3.05) is 6.54 Å². The van der Waals surface area contributed by atoms with Crippen LogP contribution in [0.3, 0.4) is 0 Å². The monoisotopic (exact) mass is 215 g/mol. The molecule has 88 valence electrons. The van der Waals surface area contributed by atoms with Gasteiger partial charge in [0.2, 0.25) is 0 Å². The predicted octanol–water partition coefficient (Wildman–Crippen LogP) is 0.674. The number of nitrogens with two attached hydrogens (primary N) is 1. The fourth-order valence-corrected chi connectivity index (χ4v) is 1.93. The van der Waals surface area contributed by atoms with E-state index in [1.54, 1.807) is 0 Å². The molecule has 0 amide bonds. The molecule has 1 rings (SSSR count). The zero-order valence-electron chi connectivity index (χ0n) is 9.69. The van der Waals surface area contributed by atoms with Crippen LogP contribution < -0.4 is 5.73 Å². The van der Waals surface area contributed by atoms with Gasteiger partial charge >= 0.3 is 5.97 Å². The Hall–Kier alpha value is -0.610. The lowest BCUT2D eigenvalue weighted by Crippen LogP contribution is -2.28. The van der Waals surface area contributed by atoms with E-state index >= 15 is 0 Å². The molecule has 15 heavy (non-hydrogen) atoms. The summed E-state index contributed by atoms with van der Waals surface area (Å²) in [6.07, 6.45) is 0.677. The molecule has 0 bridgehead atoms. The number of aliphatic hydroxyl groups is 1. The van der Waals surface area contributed by atoms with Crippen LogP contribution in [0.15, 0.2) is 0 Å². The van der Waals surface area contributed by atoms with Crippen LogP contribution in [0.4, 0.5) is 0 Å². The molecule has 0 aromatic carbocycles. The van der Waals surface area contributed by atoms with Crippen molar-refractivity contribution >= 4 is 5.97 Å². The van der Waals surface area contributed by atoms with Gasteiger partial charge < -0.3 is 15.6 Å². The zero-order chi connectivity index (χ0) is 11.6. The number of aliphatic hydroxyl groups excluding tert-OH is 1. The van der Waals surface area contributed by atoms with E-state index in [4.69, 9.17) is 10.5 Å². The van der Waals surface area contributed by atoms with Crippen LogP contribution in [0.1, 0.15) is 33.6 Å². The highest BCUT2D eigenvalue weighted by molar-refractivity contribution is 5.73. The summed E-state index contributed by atoms with van der Waals surface area (Å²) < 4.78 is 5.27. The summed E-state index contributed by atoms with van der Waals surface area (Å²) in [5.74, 6) is -0.354. The average molecular weight is 215 g/mol. The van der Waals surface area contributed by atoms with E-state index in [1.807, 2.05) is 20.8 Å². The highest BCUT2D eigenvalue weighted by Crippen LogP contribution is 2.32. The Kier molecular flexibility index (Phi) is 3.73. The van der Waals surface area contributed by atoms with E-state index in [-0.39, 0.29) is 17.8 Å². The molecule has 3 N–H and O–H groups in total. The Bertz CT molecular complexity index is 234. The molecule has 0 spiro atoms. The second kappa shape index (κ2) is 4.49. The van der Waals surface area contributed by atoms with Crippen LogP contribution in [-0.2, 0) is 9.53 Å². The lowest BCUT2D eigenvalue weighted by atomic mass is 10.0. The highest BCUT2D eigenvalue weighted by Gasteiger charge is 2.38. The van der Waals surface area contributed by atoms with E-state index in [0.29, 0.717) is 19.4 Å². The van der Waals surface area contributed by atoms with Gasteiger partial charge in [-0.2, -0.15) is 0 Å². The summed E-state index contributed by atoms with van der Waals surface area (Å²) in [6, 6.07) is 0. The van der Waals surface area contributed by atoms with Gasteiger partial charge in [-0.1, -0.05) is 0 Å². The molecule has 0 radical (unpaired) electrons. The maximum atomic E-state index is 11.7. The standard InChI is InChI=1S/C11H21NO3/c1-11(2,3)15-10(14)7-4-8(6-12)9(13)5-7/h7-9,13H,4-6,12H2,1-3H3/t7?,8-,9-/m1/s1. The molecule has 3 atom stereocenters. The van der Waals surface area contributed by atoms with Crippen molar-refractivity contribution in [3.8, 4) is 0 Å². The first-order valence-corrected chi connectivity index (χ1v) is 5.44. The topological polar surface area (TPSA) is 72.5 Å². The smallest absolute Gasteiger partial charge is 0.309 e. The number of hydrogen-bond acceptors (Lipinski definition) is 4. The first kappa shape index (κ1) is 12.5. The third-order valence-corrected chi connectivity index (χ3v) is 2.70. The van der Waals surface area contributed by atoms with E-state index in [2.05, 4.69) is 0 Å². The van der Waals surface area contributed by atoms with Gasteiger partial charge in [0.1, 0.15) is 5.60 Å². The van der Waals surface area contributed by atoms with Crippen molar-refractivity contribution in [3.05, 3.63) is 0 Å². The van der Waals surface area contributed by atoms with Crippen LogP contribution in [0.2, 0.25) is 0 Å². The summed E-state index contributed by atoms with van der Waals surface area (Å²) in [6.45, 7) is 5.96. The Morgan fingerprint density at radius 3 is 2.47 bits per heavy atom. The molecular formula is C11H21NO3. The highest BCUT2D eigenvalue weighted by atomic mass is 16.6. The van der Waals surface area contributed by atoms with E-state index in [1.165, 1.54) is 0 Å². The number of esters is 1. The summed E-state index contributed by atoms with van der Waals surface area (Å²) in [4.78, 5) is 11.7. The Labute approximate surface area is 90.8 Å². The van der Waals surface area contributed by atoms with Gasteiger partial charge in [0.15, 0.2) is 0 Å². The first-order valence-electron chi connectivity index (χ1n) is 5.44. The largest absolute Gasteiger partial charge is 0.460 e. The molecule has 0 aromatic rings. The third kappa shape index (κ3) is 3.47. The second-order valence-electron chi connectivity index (χ2n) is 5.26. The maximum absolute atomic E-state index is 11.7. The summed E-state index contributed by atoms with van der Waals surface area (Å²) >= 11 is 0. The van der Waals surface area contributed by atoms with E-state index in [9.17, 15) is 9.90 Å². The molecule has 1 fully saturated rings. The number of ether oxygens (including phenoxy) is 1. The number of hydrogen-bond donors (Lipinski definition) is 2. The molecule has 0 heterocycles. The minimum Gasteiger partial charge on any atom is -0.460 e.